The van der Waals surface area contributed by atoms with Crippen molar-refractivity contribution in [2.75, 3.05) is 44.3 Å². The highest BCUT2D eigenvalue weighted by Gasteiger charge is 2.24. The average Bonchev–Trinajstić information content (AvgIpc) is 2.56. The Kier molecular flexibility index (Phi) is 4.70. The molecule has 0 aliphatic carbocycles. The molecular formula is C16H26N4O. The Morgan fingerprint density at radius 3 is 2.62 bits per heavy atom. The van der Waals surface area contributed by atoms with Crippen LogP contribution >= 0.6 is 0 Å². The molecule has 21 heavy (non-hydrogen) atoms. The summed E-state index contributed by atoms with van der Waals surface area (Å²) in [6, 6.07) is 0.619. The molecule has 2 fully saturated rings. The van der Waals surface area contributed by atoms with Gasteiger partial charge in [0.05, 0.1) is 31.3 Å². The van der Waals surface area contributed by atoms with Crippen LogP contribution in [0.2, 0.25) is 0 Å². The predicted molar refractivity (Wildman–Crippen MR) is 83.7 cm³/mol. The molecule has 2 aliphatic heterocycles. The number of likely N-dealkylation sites (tertiary alicyclic amines) is 1. The van der Waals surface area contributed by atoms with E-state index in [2.05, 4.69) is 28.6 Å². The maximum atomic E-state index is 5.38. The number of hydrogen-bond acceptors (Lipinski definition) is 5. The number of piperidine rings is 1. The fourth-order valence-electron chi connectivity index (χ4n) is 3.21. The van der Waals surface area contributed by atoms with Crippen molar-refractivity contribution in [2.24, 2.45) is 0 Å². The zero-order valence-electron chi connectivity index (χ0n) is 13.2. The van der Waals surface area contributed by atoms with Gasteiger partial charge in [0, 0.05) is 31.6 Å². The van der Waals surface area contributed by atoms with Crippen LogP contribution in [0.15, 0.2) is 12.4 Å². The summed E-state index contributed by atoms with van der Waals surface area (Å²) in [5, 5.41) is 0. The van der Waals surface area contributed by atoms with Crippen LogP contribution in [0.4, 0.5) is 5.82 Å². The summed E-state index contributed by atoms with van der Waals surface area (Å²) < 4.78 is 5.38. The Morgan fingerprint density at radius 2 is 1.95 bits per heavy atom. The van der Waals surface area contributed by atoms with Crippen molar-refractivity contribution in [3.05, 3.63) is 18.1 Å². The van der Waals surface area contributed by atoms with Crippen molar-refractivity contribution in [3.63, 3.8) is 0 Å². The highest BCUT2D eigenvalue weighted by Crippen LogP contribution is 2.26. The van der Waals surface area contributed by atoms with Crippen LogP contribution < -0.4 is 4.90 Å². The summed E-state index contributed by atoms with van der Waals surface area (Å²) in [5.41, 5.74) is 1.15. The van der Waals surface area contributed by atoms with Gasteiger partial charge in [-0.05, 0) is 33.2 Å². The van der Waals surface area contributed by atoms with Crippen molar-refractivity contribution < 1.29 is 4.74 Å². The maximum Gasteiger partial charge on any atom is 0.147 e. The normalized spacial score (nSPS) is 24.5. The summed E-state index contributed by atoms with van der Waals surface area (Å²) in [6.07, 6.45) is 6.42. The van der Waals surface area contributed by atoms with E-state index in [-0.39, 0.29) is 0 Å². The third kappa shape index (κ3) is 3.52. The zero-order chi connectivity index (χ0) is 14.7. The fourth-order valence-corrected chi connectivity index (χ4v) is 3.21. The summed E-state index contributed by atoms with van der Waals surface area (Å²) in [7, 11) is 0. The zero-order valence-corrected chi connectivity index (χ0v) is 13.2. The van der Waals surface area contributed by atoms with Gasteiger partial charge in [0.15, 0.2) is 0 Å². The molecule has 0 amide bonds. The SMILES string of the molecule is CC(C)N1CCCC(c2cnc(N3CCOCC3)cn2)C1. The van der Waals surface area contributed by atoms with E-state index in [9.17, 15) is 0 Å². The van der Waals surface area contributed by atoms with Crippen LogP contribution in [0.5, 0.6) is 0 Å². The van der Waals surface area contributed by atoms with Crippen molar-refractivity contribution >= 4 is 5.82 Å². The van der Waals surface area contributed by atoms with Crippen LogP contribution in [0.1, 0.15) is 38.3 Å². The standard InChI is InChI=1S/C16H26N4O/c1-13(2)20-5-3-4-14(12-20)15-10-18-16(11-17-15)19-6-8-21-9-7-19/h10-11,13-14H,3-9,12H2,1-2H3. The molecule has 0 N–H and O–H groups in total. The Hall–Kier alpha value is -1.20. The first-order valence-electron chi connectivity index (χ1n) is 8.12. The maximum absolute atomic E-state index is 5.38. The molecule has 5 nitrogen and oxygen atoms in total. The first-order chi connectivity index (χ1) is 10.2. The molecule has 1 aromatic heterocycles. The molecular weight excluding hydrogens is 264 g/mol. The number of rotatable bonds is 3. The molecule has 0 bridgehead atoms. The van der Waals surface area contributed by atoms with Crippen LogP contribution in [0.3, 0.4) is 0 Å². The van der Waals surface area contributed by atoms with Gasteiger partial charge in [-0.3, -0.25) is 4.98 Å². The highest BCUT2D eigenvalue weighted by molar-refractivity contribution is 5.36. The second-order valence-corrected chi connectivity index (χ2v) is 6.33. The van der Waals surface area contributed by atoms with Gasteiger partial charge in [0.2, 0.25) is 0 Å². The van der Waals surface area contributed by atoms with E-state index in [1.165, 1.54) is 19.4 Å². The second kappa shape index (κ2) is 6.71. The molecule has 0 saturated carbocycles. The lowest BCUT2D eigenvalue weighted by molar-refractivity contribution is 0.122. The lowest BCUT2D eigenvalue weighted by Gasteiger charge is -2.35. The van der Waals surface area contributed by atoms with E-state index in [0.717, 1.165) is 44.4 Å². The summed E-state index contributed by atoms with van der Waals surface area (Å²) in [4.78, 5) is 14.1. The van der Waals surface area contributed by atoms with E-state index >= 15 is 0 Å². The fraction of sp³-hybridized carbons (Fsp3) is 0.750. The van der Waals surface area contributed by atoms with Crippen molar-refractivity contribution in [3.8, 4) is 0 Å². The number of morpholine rings is 1. The van der Waals surface area contributed by atoms with Crippen molar-refractivity contribution in [2.45, 2.75) is 38.6 Å². The number of nitrogens with zero attached hydrogens (tertiary/aromatic N) is 4. The quantitative estimate of drug-likeness (QED) is 0.850. The van der Waals surface area contributed by atoms with Gasteiger partial charge < -0.3 is 14.5 Å². The van der Waals surface area contributed by atoms with E-state index in [1.807, 2.05) is 12.4 Å². The van der Waals surface area contributed by atoms with Gasteiger partial charge in [-0.1, -0.05) is 0 Å². The summed E-state index contributed by atoms with van der Waals surface area (Å²) in [6.45, 7) is 10.3. The third-order valence-corrected chi connectivity index (χ3v) is 4.59. The number of hydrogen-bond donors (Lipinski definition) is 0. The molecule has 2 saturated heterocycles. The molecule has 0 spiro atoms. The third-order valence-electron chi connectivity index (χ3n) is 4.59. The largest absolute Gasteiger partial charge is 0.378 e. The van der Waals surface area contributed by atoms with Crippen molar-refractivity contribution in [1.82, 2.24) is 14.9 Å². The lowest BCUT2D eigenvalue weighted by Crippen LogP contribution is -2.39. The molecule has 1 unspecified atom stereocenters. The first kappa shape index (κ1) is 14.7. The summed E-state index contributed by atoms with van der Waals surface area (Å²) >= 11 is 0. The van der Waals surface area contributed by atoms with E-state index < -0.39 is 0 Å². The number of anilines is 1. The Balaban J connectivity index is 1.66. The monoisotopic (exact) mass is 290 g/mol. The van der Waals surface area contributed by atoms with Gasteiger partial charge in [-0.2, -0.15) is 0 Å². The average molecular weight is 290 g/mol. The predicted octanol–water partition coefficient (Wildman–Crippen LogP) is 1.90. The van der Waals surface area contributed by atoms with Gasteiger partial charge >= 0.3 is 0 Å². The van der Waals surface area contributed by atoms with E-state index in [0.29, 0.717) is 12.0 Å². The van der Waals surface area contributed by atoms with Crippen LogP contribution in [-0.2, 0) is 4.74 Å². The van der Waals surface area contributed by atoms with Crippen molar-refractivity contribution in [1.29, 1.82) is 0 Å². The molecule has 5 heteroatoms. The van der Waals surface area contributed by atoms with Crippen LogP contribution in [0, 0.1) is 0 Å². The second-order valence-electron chi connectivity index (χ2n) is 6.33. The van der Waals surface area contributed by atoms with Gasteiger partial charge in [-0.25, -0.2) is 4.98 Å². The molecule has 116 valence electrons. The minimum absolute atomic E-state index is 0.535. The Morgan fingerprint density at radius 1 is 1.14 bits per heavy atom. The highest BCUT2D eigenvalue weighted by atomic mass is 16.5. The summed E-state index contributed by atoms with van der Waals surface area (Å²) in [5.74, 6) is 1.52. The van der Waals surface area contributed by atoms with Gasteiger partial charge in [-0.15, -0.1) is 0 Å². The topological polar surface area (TPSA) is 41.5 Å². The van der Waals surface area contributed by atoms with Gasteiger partial charge in [0.1, 0.15) is 5.82 Å². The van der Waals surface area contributed by atoms with Gasteiger partial charge in [0.25, 0.3) is 0 Å². The number of ether oxygens (including phenoxy) is 1. The Labute approximate surface area is 127 Å². The smallest absolute Gasteiger partial charge is 0.147 e. The Bertz CT molecular complexity index is 442. The molecule has 0 aromatic carbocycles. The van der Waals surface area contributed by atoms with E-state index in [4.69, 9.17) is 9.72 Å². The van der Waals surface area contributed by atoms with Crippen LogP contribution in [-0.4, -0.2) is 60.3 Å². The first-order valence-corrected chi connectivity index (χ1v) is 8.12. The van der Waals surface area contributed by atoms with E-state index in [1.54, 1.807) is 0 Å². The number of aromatic nitrogens is 2. The molecule has 1 aromatic rings. The molecule has 3 rings (SSSR count). The molecule has 0 radical (unpaired) electrons. The molecule has 3 heterocycles. The lowest BCUT2D eigenvalue weighted by atomic mass is 9.94. The minimum atomic E-state index is 0.535. The van der Waals surface area contributed by atoms with Crippen LogP contribution in [0.25, 0.3) is 0 Å². The molecule has 1 atom stereocenters. The molecule has 2 aliphatic rings. The minimum Gasteiger partial charge on any atom is -0.378 e.